The number of anilines is 3. The molecule has 1 aromatic carbocycles. The minimum atomic E-state index is -2.72. The van der Waals surface area contributed by atoms with Gasteiger partial charge in [-0.15, -0.1) is 10.2 Å². The predicted octanol–water partition coefficient (Wildman–Crippen LogP) is 2.61. The summed E-state index contributed by atoms with van der Waals surface area (Å²) in [6.45, 7) is -2.72. The summed E-state index contributed by atoms with van der Waals surface area (Å²) in [7, 11) is 3.26. The molecule has 11 heteroatoms. The van der Waals surface area contributed by atoms with Crippen molar-refractivity contribution in [2.45, 2.75) is 31.6 Å². The number of carbonyl (C=O) groups is 2. The molecule has 3 aromatic rings. The molecule has 2 fully saturated rings. The van der Waals surface area contributed by atoms with E-state index in [0.717, 1.165) is 36.8 Å². The summed E-state index contributed by atoms with van der Waals surface area (Å²) in [5.74, 6) is -0.206. The lowest BCUT2D eigenvalue weighted by Gasteiger charge is -2.18. The molecule has 0 saturated heterocycles. The highest BCUT2D eigenvalue weighted by molar-refractivity contribution is 6.00. The van der Waals surface area contributed by atoms with Gasteiger partial charge >= 0.3 is 0 Å². The summed E-state index contributed by atoms with van der Waals surface area (Å²) in [6.07, 6.45) is 5.38. The van der Waals surface area contributed by atoms with Crippen LogP contribution in [0.2, 0.25) is 0 Å². The smallest absolute Gasteiger partial charge is 0.273 e. The van der Waals surface area contributed by atoms with E-state index in [-0.39, 0.29) is 29.0 Å². The fraction of sp³-hybridized carbons (Fsp3) is 0.391. The van der Waals surface area contributed by atoms with Crippen molar-refractivity contribution in [2.75, 3.05) is 24.7 Å². The van der Waals surface area contributed by atoms with Crippen LogP contribution in [0.5, 0.6) is 5.75 Å². The fourth-order valence-electron chi connectivity index (χ4n) is 3.86. The lowest BCUT2D eigenvalue weighted by Crippen LogP contribution is -2.22. The number of aryl methyl sites for hydroxylation is 1. The quantitative estimate of drug-likeness (QED) is 0.462. The Morgan fingerprint density at radius 1 is 1.18 bits per heavy atom. The third-order valence-corrected chi connectivity index (χ3v) is 5.86. The van der Waals surface area contributed by atoms with Crippen LogP contribution in [0.3, 0.4) is 0 Å². The van der Waals surface area contributed by atoms with Crippen LogP contribution in [-0.4, -0.2) is 51.1 Å². The number of nitrogens with one attached hydrogen (secondary N) is 3. The largest absolute Gasteiger partial charge is 0.494 e. The van der Waals surface area contributed by atoms with Crippen molar-refractivity contribution < 1.29 is 18.4 Å². The summed E-state index contributed by atoms with van der Waals surface area (Å²) in [5.41, 5.74) is 2.87. The number of carbonyl (C=O) groups excluding carboxylic acids is 2. The number of ether oxygens (including phenoxy) is 1. The molecule has 2 saturated carbocycles. The molecular formula is C23H26N8O3. The van der Waals surface area contributed by atoms with E-state index in [1.807, 2.05) is 17.4 Å². The number of amides is 2. The molecule has 2 amide bonds. The number of hydrogen-bond acceptors (Lipinski definition) is 8. The summed E-state index contributed by atoms with van der Waals surface area (Å²) in [5, 5.41) is 24.3. The normalized spacial score (nSPS) is 16.7. The standard InChI is InChI=1S/C23H26N8O3/c1-24-23(33)20-16(10-18(28-29-20)27-22(32)13-6-7-13)26-15-9-8-14(12-4-5-12)19(21(15)34-3)17-11-25-31(2)30-17/h8-13H,4-7H2,1-3H3,(H,24,33)(H2,26,27,28,32)/i1D3. The highest BCUT2D eigenvalue weighted by Gasteiger charge is 2.31. The molecule has 2 aliphatic rings. The Balaban J connectivity index is 1.56. The number of methoxy groups -OCH3 is 1. The van der Waals surface area contributed by atoms with Gasteiger partial charge in [-0.05, 0) is 43.2 Å². The van der Waals surface area contributed by atoms with Gasteiger partial charge in [0.25, 0.3) is 5.91 Å². The topological polar surface area (TPSA) is 136 Å². The monoisotopic (exact) mass is 465 g/mol. The number of hydrogen-bond donors (Lipinski definition) is 3. The predicted molar refractivity (Wildman–Crippen MR) is 125 cm³/mol. The second kappa shape index (κ2) is 8.73. The maximum Gasteiger partial charge on any atom is 0.273 e. The molecular weight excluding hydrogens is 436 g/mol. The van der Waals surface area contributed by atoms with Gasteiger partial charge in [0.05, 0.1) is 30.2 Å². The molecule has 176 valence electrons. The number of aromatic nitrogens is 5. The van der Waals surface area contributed by atoms with Crippen LogP contribution >= 0.6 is 0 Å². The molecule has 3 N–H and O–H groups in total. The van der Waals surface area contributed by atoms with Gasteiger partial charge in [-0.1, -0.05) is 6.07 Å². The molecule has 5 rings (SSSR count). The molecule has 0 atom stereocenters. The lowest BCUT2D eigenvalue weighted by molar-refractivity contribution is -0.117. The zero-order valence-corrected chi connectivity index (χ0v) is 18.8. The molecule has 0 radical (unpaired) electrons. The molecule has 34 heavy (non-hydrogen) atoms. The van der Waals surface area contributed by atoms with E-state index >= 15 is 0 Å². The molecule has 0 unspecified atom stereocenters. The molecule has 11 nitrogen and oxygen atoms in total. The summed E-state index contributed by atoms with van der Waals surface area (Å²) in [6, 6.07) is 5.23. The van der Waals surface area contributed by atoms with Crippen molar-refractivity contribution >= 4 is 29.0 Å². The van der Waals surface area contributed by atoms with Gasteiger partial charge in [0.15, 0.2) is 17.3 Å². The Morgan fingerprint density at radius 3 is 2.65 bits per heavy atom. The van der Waals surface area contributed by atoms with Gasteiger partial charge in [-0.3, -0.25) is 9.59 Å². The van der Waals surface area contributed by atoms with Crippen LogP contribution in [0.15, 0.2) is 24.4 Å². The first-order chi connectivity index (χ1) is 17.6. The van der Waals surface area contributed by atoms with E-state index in [9.17, 15) is 9.59 Å². The third kappa shape index (κ3) is 4.28. The minimum Gasteiger partial charge on any atom is -0.494 e. The molecule has 0 spiro atoms. The molecule has 2 heterocycles. The first kappa shape index (κ1) is 18.4. The SMILES string of the molecule is [2H]C([2H])([2H])NC(=O)c1nnc(NC(=O)C2CC2)cc1Nc1ccc(C2CC2)c(-c2cnn(C)n2)c1OC. The van der Waals surface area contributed by atoms with Crippen LogP contribution in [0.1, 0.15) is 51.8 Å². The number of nitrogens with zero attached hydrogens (tertiary/aromatic N) is 5. The maximum absolute atomic E-state index is 12.8. The van der Waals surface area contributed by atoms with E-state index in [2.05, 4.69) is 31.0 Å². The van der Waals surface area contributed by atoms with Gasteiger partial charge in [-0.25, -0.2) is 0 Å². The first-order valence-electron chi connectivity index (χ1n) is 12.5. The van der Waals surface area contributed by atoms with E-state index in [0.29, 0.717) is 23.0 Å². The average molecular weight is 466 g/mol. The van der Waals surface area contributed by atoms with Gasteiger partial charge in [0.1, 0.15) is 5.69 Å². The van der Waals surface area contributed by atoms with Gasteiger partial charge in [0.2, 0.25) is 5.91 Å². The Bertz CT molecular complexity index is 1370. The van der Waals surface area contributed by atoms with E-state index in [1.54, 1.807) is 13.2 Å². The Hall–Kier alpha value is -4.02. The average Bonchev–Trinajstić information content (AvgIpc) is 3.75. The van der Waals surface area contributed by atoms with Crippen molar-refractivity contribution in [2.24, 2.45) is 13.0 Å². The molecule has 2 aliphatic carbocycles. The van der Waals surface area contributed by atoms with Crippen molar-refractivity contribution in [1.29, 1.82) is 0 Å². The summed E-state index contributed by atoms with van der Waals surface area (Å²) < 4.78 is 28.0. The molecule has 2 aromatic heterocycles. The highest BCUT2D eigenvalue weighted by Crippen LogP contribution is 2.49. The van der Waals surface area contributed by atoms with Gasteiger partial charge in [0, 0.05) is 30.1 Å². The minimum absolute atomic E-state index is 0.0682. The molecule has 0 aliphatic heterocycles. The number of benzene rings is 1. The Labute approximate surface area is 200 Å². The third-order valence-electron chi connectivity index (χ3n) is 5.86. The van der Waals surface area contributed by atoms with Crippen molar-refractivity contribution in [3.8, 4) is 17.0 Å². The van der Waals surface area contributed by atoms with E-state index < -0.39 is 12.9 Å². The maximum atomic E-state index is 12.8. The fourth-order valence-corrected chi connectivity index (χ4v) is 3.86. The number of rotatable bonds is 8. The van der Waals surface area contributed by atoms with Crippen LogP contribution < -0.4 is 20.7 Å². The molecule has 0 bridgehead atoms. The van der Waals surface area contributed by atoms with Crippen molar-refractivity contribution in [3.63, 3.8) is 0 Å². The Kier molecular flexibility index (Phi) is 4.73. The Morgan fingerprint density at radius 2 is 2.00 bits per heavy atom. The second-order valence-electron chi connectivity index (χ2n) is 8.44. The van der Waals surface area contributed by atoms with Crippen molar-refractivity contribution in [3.05, 3.63) is 35.7 Å². The highest BCUT2D eigenvalue weighted by atomic mass is 16.5. The zero-order chi connectivity index (χ0) is 26.3. The van der Waals surface area contributed by atoms with Crippen molar-refractivity contribution in [1.82, 2.24) is 30.5 Å². The van der Waals surface area contributed by atoms with E-state index in [1.165, 1.54) is 18.0 Å². The summed E-state index contributed by atoms with van der Waals surface area (Å²) in [4.78, 5) is 26.5. The second-order valence-corrected chi connectivity index (χ2v) is 8.44. The van der Waals surface area contributed by atoms with Gasteiger partial charge < -0.3 is 20.7 Å². The van der Waals surface area contributed by atoms with Crippen LogP contribution in [0.25, 0.3) is 11.3 Å². The van der Waals surface area contributed by atoms with Gasteiger partial charge in [-0.2, -0.15) is 15.0 Å². The lowest BCUT2D eigenvalue weighted by atomic mass is 9.98. The van der Waals surface area contributed by atoms with Crippen LogP contribution in [0.4, 0.5) is 17.2 Å². The zero-order valence-electron chi connectivity index (χ0n) is 21.8. The first-order valence-corrected chi connectivity index (χ1v) is 11.0. The van der Waals surface area contributed by atoms with Crippen LogP contribution in [0, 0.1) is 5.92 Å². The van der Waals surface area contributed by atoms with Crippen LogP contribution in [-0.2, 0) is 11.8 Å². The van der Waals surface area contributed by atoms with E-state index in [4.69, 9.17) is 8.85 Å². The summed E-state index contributed by atoms with van der Waals surface area (Å²) >= 11 is 0.